The van der Waals surface area contributed by atoms with E-state index in [-0.39, 0.29) is 24.1 Å². The lowest BCUT2D eigenvalue weighted by Crippen LogP contribution is -2.46. The molecule has 0 aliphatic carbocycles. The average Bonchev–Trinajstić information content (AvgIpc) is 2.42. The molecular formula is C15H23NO3S. The monoisotopic (exact) mass is 297 g/mol. The van der Waals surface area contributed by atoms with E-state index in [0.29, 0.717) is 6.54 Å². The molecule has 3 atom stereocenters. The number of hydrogen-bond donors (Lipinski definition) is 1. The molecule has 112 valence electrons. The van der Waals surface area contributed by atoms with Gasteiger partial charge in [-0.3, -0.25) is 0 Å². The summed E-state index contributed by atoms with van der Waals surface area (Å²) in [5.74, 6) is 0.226. The van der Waals surface area contributed by atoms with Crippen LogP contribution >= 0.6 is 0 Å². The Morgan fingerprint density at radius 2 is 2.00 bits per heavy atom. The standard InChI is InChI=1S/C15H23NO3S/c1-12-8-9-16(10-15(12)17)20(18,19)11-13(2)14-6-4-3-5-7-14/h3-7,12-13,15,17H,8-11H2,1-2H3. The molecule has 20 heavy (non-hydrogen) atoms. The second-order valence-electron chi connectivity index (χ2n) is 5.78. The van der Waals surface area contributed by atoms with Crippen LogP contribution in [0.2, 0.25) is 0 Å². The summed E-state index contributed by atoms with van der Waals surface area (Å²) >= 11 is 0. The molecule has 4 nitrogen and oxygen atoms in total. The summed E-state index contributed by atoms with van der Waals surface area (Å²) in [6.45, 7) is 4.63. The van der Waals surface area contributed by atoms with Crippen molar-refractivity contribution in [3.05, 3.63) is 35.9 Å². The molecule has 0 amide bonds. The van der Waals surface area contributed by atoms with E-state index in [0.717, 1.165) is 12.0 Å². The number of nitrogens with zero attached hydrogens (tertiary/aromatic N) is 1. The molecule has 1 N–H and O–H groups in total. The van der Waals surface area contributed by atoms with Gasteiger partial charge in [0.05, 0.1) is 11.9 Å². The second-order valence-corrected chi connectivity index (χ2v) is 7.80. The Morgan fingerprint density at radius 1 is 1.35 bits per heavy atom. The smallest absolute Gasteiger partial charge is 0.214 e. The van der Waals surface area contributed by atoms with E-state index in [9.17, 15) is 13.5 Å². The number of rotatable bonds is 4. The third kappa shape index (κ3) is 3.59. The summed E-state index contributed by atoms with van der Waals surface area (Å²) in [5.41, 5.74) is 1.03. The van der Waals surface area contributed by atoms with E-state index in [2.05, 4.69) is 0 Å². The average molecular weight is 297 g/mol. The van der Waals surface area contributed by atoms with E-state index in [1.807, 2.05) is 44.2 Å². The van der Waals surface area contributed by atoms with Crippen LogP contribution in [0.15, 0.2) is 30.3 Å². The van der Waals surface area contributed by atoms with Gasteiger partial charge in [-0.05, 0) is 23.8 Å². The third-order valence-electron chi connectivity index (χ3n) is 4.10. The number of benzene rings is 1. The summed E-state index contributed by atoms with van der Waals surface area (Å²) in [6, 6.07) is 9.67. The van der Waals surface area contributed by atoms with Gasteiger partial charge in [0, 0.05) is 13.1 Å². The lowest BCUT2D eigenvalue weighted by atomic mass is 9.98. The first-order chi connectivity index (χ1) is 9.40. The zero-order chi connectivity index (χ0) is 14.8. The summed E-state index contributed by atoms with van der Waals surface area (Å²) < 4.78 is 26.3. The molecule has 1 aliphatic rings. The Labute approximate surface area is 121 Å². The van der Waals surface area contributed by atoms with E-state index >= 15 is 0 Å². The van der Waals surface area contributed by atoms with Crippen LogP contribution in [-0.4, -0.2) is 42.8 Å². The van der Waals surface area contributed by atoms with Crippen molar-refractivity contribution in [2.75, 3.05) is 18.8 Å². The molecule has 1 aliphatic heterocycles. The van der Waals surface area contributed by atoms with Crippen LogP contribution < -0.4 is 0 Å². The quantitative estimate of drug-likeness (QED) is 0.922. The largest absolute Gasteiger partial charge is 0.391 e. The molecule has 3 unspecified atom stereocenters. The van der Waals surface area contributed by atoms with Gasteiger partial charge in [-0.1, -0.05) is 44.2 Å². The van der Waals surface area contributed by atoms with Crippen molar-refractivity contribution in [3.8, 4) is 0 Å². The molecular weight excluding hydrogens is 274 g/mol. The minimum absolute atomic E-state index is 0.0438. The van der Waals surface area contributed by atoms with Gasteiger partial charge in [0.1, 0.15) is 0 Å². The fourth-order valence-electron chi connectivity index (χ4n) is 2.57. The van der Waals surface area contributed by atoms with Gasteiger partial charge in [0.2, 0.25) is 10.0 Å². The van der Waals surface area contributed by atoms with E-state index in [1.54, 1.807) is 0 Å². The molecule has 1 aromatic rings. The van der Waals surface area contributed by atoms with Crippen LogP contribution in [0.1, 0.15) is 31.7 Å². The van der Waals surface area contributed by atoms with Crippen molar-refractivity contribution < 1.29 is 13.5 Å². The first kappa shape index (κ1) is 15.5. The molecule has 1 aromatic carbocycles. The van der Waals surface area contributed by atoms with Crippen molar-refractivity contribution >= 4 is 10.0 Å². The summed E-state index contributed by atoms with van der Waals surface area (Å²) in [6.07, 6.45) is 0.172. The highest BCUT2D eigenvalue weighted by molar-refractivity contribution is 7.89. The molecule has 1 saturated heterocycles. The Bertz CT molecular complexity index is 529. The van der Waals surface area contributed by atoms with Gasteiger partial charge in [-0.15, -0.1) is 0 Å². The highest BCUT2D eigenvalue weighted by Crippen LogP contribution is 2.23. The number of aliphatic hydroxyl groups excluding tert-OH is 1. The molecule has 1 heterocycles. The Kier molecular flexibility index (Phi) is 4.83. The molecule has 1 fully saturated rings. The van der Waals surface area contributed by atoms with Crippen LogP contribution in [0.5, 0.6) is 0 Å². The highest BCUT2D eigenvalue weighted by Gasteiger charge is 2.32. The molecule has 0 aromatic heterocycles. The van der Waals surface area contributed by atoms with E-state index in [1.165, 1.54) is 4.31 Å². The highest BCUT2D eigenvalue weighted by atomic mass is 32.2. The first-order valence-electron chi connectivity index (χ1n) is 7.11. The van der Waals surface area contributed by atoms with Crippen molar-refractivity contribution in [1.29, 1.82) is 0 Å². The van der Waals surface area contributed by atoms with Crippen molar-refractivity contribution in [3.63, 3.8) is 0 Å². The maximum atomic E-state index is 12.4. The fraction of sp³-hybridized carbons (Fsp3) is 0.600. The van der Waals surface area contributed by atoms with Gasteiger partial charge in [-0.25, -0.2) is 8.42 Å². The third-order valence-corrected chi connectivity index (χ3v) is 6.14. The summed E-state index contributed by atoms with van der Waals surface area (Å²) in [7, 11) is -3.31. The predicted octanol–water partition coefficient (Wildman–Crippen LogP) is 1.82. The predicted molar refractivity (Wildman–Crippen MR) is 80.0 cm³/mol. The SMILES string of the molecule is CC(CS(=O)(=O)N1CCC(C)C(O)C1)c1ccccc1. The van der Waals surface area contributed by atoms with Crippen molar-refractivity contribution in [2.24, 2.45) is 5.92 Å². The maximum absolute atomic E-state index is 12.4. The molecule has 5 heteroatoms. The van der Waals surface area contributed by atoms with Crippen molar-refractivity contribution in [2.45, 2.75) is 32.3 Å². The van der Waals surface area contributed by atoms with Crippen LogP contribution in [0.25, 0.3) is 0 Å². The number of hydrogen-bond acceptors (Lipinski definition) is 3. The molecule has 0 bridgehead atoms. The minimum Gasteiger partial charge on any atom is -0.391 e. The number of sulfonamides is 1. The number of aliphatic hydroxyl groups is 1. The Balaban J connectivity index is 2.04. The van der Waals surface area contributed by atoms with Crippen LogP contribution in [-0.2, 0) is 10.0 Å². The Morgan fingerprint density at radius 3 is 2.60 bits per heavy atom. The second kappa shape index (κ2) is 6.24. The number of β-amino-alcohol motifs (C(OH)–C–C–N with tert-alkyl or cyclic N) is 1. The summed E-state index contributed by atoms with van der Waals surface area (Å²) in [5, 5.41) is 9.86. The Hall–Kier alpha value is -0.910. The number of piperidine rings is 1. The molecule has 0 saturated carbocycles. The normalized spacial score (nSPS) is 26.4. The van der Waals surface area contributed by atoms with Gasteiger partial charge in [0.25, 0.3) is 0 Å². The van der Waals surface area contributed by atoms with Crippen LogP contribution in [0.3, 0.4) is 0 Å². The molecule has 0 spiro atoms. The zero-order valence-corrected chi connectivity index (χ0v) is 12.9. The zero-order valence-electron chi connectivity index (χ0n) is 12.1. The summed E-state index contributed by atoms with van der Waals surface area (Å²) in [4.78, 5) is 0. The minimum atomic E-state index is -3.31. The lowest BCUT2D eigenvalue weighted by molar-refractivity contribution is 0.0605. The van der Waals surface area contributed by atoms with Gasteiger partial charge < -0.3 is 5.11 Å². The van der Waals surface area contributed by atoms with Gasteiger partial charge >= 0.3 is 0 Å². The van der Waals surface area contributed by atoms with Crippen LogP contribution in [0.4, 0.5) is 0 Å². The van der Waals surface area contributed by atoms with Gasteiger partial charge in [-0.2, -0.15) is 4.31 Å². The maximum Gasteiger partial charge on any atom is 0.214 e. The van der Waals surface area contributed by atoms with Crippen molar-refractivity contribution in [1.82, 2.24) is 4.31 Å². The van der Waals surface area contributed by atoms with E-state index < -0.39 is 16.1 Å². The van der Waals surface area contributed by atoms with E-state index in [4.69, 9.17) is 0 Å². The topological polar surface area (TPSA) is 57.6 Å². The van der Waals surface area contributed by atoms with Crippen LogP contribution in [0, 0.1) is 5.92 Å². The fourth-order valence-corrected chi connectivity index (χ4v) is 4.37. The van der Waals surface area contributed by atoms with Gasteiger partial charge in [0.15, 0.2) is 0 Å². The molecule has 2 rings (SSSR count). The molecule has 0 radical (unpaired) electrons. The lowest BCUT2D eigenvalue weighted by Gasteiger charge is -2.34. The first-order valence-corrected chi connectivity index (χ1v) is 8.72.